The number of amides is 2. The average Bonchev–Trinajstić information content (AvgIpc) is 3.31. The first kappa shape index (κ1) is 24.3. The number of esters is 2. The van der Waals surface area contributed by atoms with Crippen molar-refractivity contribution in [3.63, 3.8) is 0 Å². The van der Waals surface area contributed by atoms with Crippen molar-refractivity contribution in [3.05, 3.63) is 12.2 Å². The van der Waals surface area contributed by atoms with Gasteiger partial charge in [-0.2, -0.15) is 0 Å². The molecule has 0 aromatic carbocycles. The number of carbonyl (C=O) groups is 4. The van der Waals surface area contributed by atoms with Gasteiger partial charge >= 0.3 is 11.9 Å². The fourth-order valence-electron chi connectivity index (χ4n) is 4.38. The molecule has 0 saturated carbocycles. The van der Waals surface area contributed by atoms with Crippen LogP contribution in [0.5, 0.6) is 0 Å². The van der Waals surface area contributed by atoms with Gasteiger partial charge in [0, 0.05) is 12.8 Å². The van der Waals surface area contributed by atoms with Gasteiger partial charge in [-0.3, -0.25) is 24.1 Å². The number of hydrogen-bond donors (Lipinski definition) is 0. The molecule has 2 fully saturated rings. The van der Waals surface area contributed by atoms with E-state index in [-0.39, 0.29) is 57.8 Å². The molecule has 5 atom stereocenters. The summed E-state index contributed by atoms with van der Waals surface area (Å²) in [5.74, 6) is -2.47. The molecule has 10 nitrogen and oxygen atoms in total. The maximum Gasteiger partial charge on any atom is 0.305 e. The Labute approximate surface area is 187 Å². The number of fused-ring (bicyclic) bond motifs is 5. The minimum Gasteiger partial charge on any atom is -0.462 e. The van der Waals surface area contributed by atoms with Crippen molar-refractivity contribution >= 4 is 23.8 Å². The molecule has 0 N–H and O–H groups in total. The van der Waals surface area contributed by atoms with Gasteiger partial charge in [-0.1, -0.05) is 26.0 Å². The van der Waals surface area contributed by atoms with Crippen LogP contribution in [0.25, 0.3) is 0 Å². The summed E-state index contributed by atoms with van der Waals surface area (Å²) in [6.45, 7) is 7.01. The number of likely N-dealkylation sites (tertiary alicyclic amines) is 1. The van der Waals surface area contributed by atoms with E-state index in [2.05, 4.69) is 0 Å². The molecule has 0 aliphatic carbocycles. The average molecular weight is 453 g/mol. The summed E-state index contributed by atoms with van der Waals surface area (Å²) < 4.78 is 27.1. The number of hydrogen-bond acceptors (Lipinski definition) is 9. The van der Waals surface area contributed by atoms with Crippen LogP contribution in [0.15, 0.2) is 12.2 Å². The van der Waals surface area contributed by atoms with Crippen molar-refractivity contribution in [1.29, 1.82) is 0 Å². The van der Waals surface area contributed by atoms with Crippen LogP contribution < -0.4 is 0 Å². The van der Waals surface area contributed by atoms with Gasteiger partial charge in [0.1, 0.15) is 13.3 Å². The van der Waals surface area contributed by atoms with E-state index >= 15 is 0 Å². The highest BCUT2D eigenvalue weighted by Gasteiger charge is 2.70. The van der Waals surface area contributed by atoms with Gasteiger partial charge in [-0.05, 0) is 13.8 Å². The summed E-state index contributed by atoms with van der Waals surface area (Å²) in [7, 11) is 0. The topological polar surface area (TPSA) is 118 Å². The molecule has 5 unspecified atom stereocenters. The third-order valence-corrected chi connectivity index (χ3v) is 6.02. The largest absolute Gasteiger partial charge is 0.462 e. The number of imide groups is 1. The smallest absolute Gasteiger partial charge is 0.305 e. The van der Waals surface area contributed by atoms with Gasteiger partial charge in [0.15, 0.2) is 6.10 Å². The first-order chi connectivity index (χ1) is 15.1. The lowest BCUT2D eigenvalue weighted by atomic mass is 9.73. The van der Waals surface area contributed by atoms with Crippen molar-refractivity contribution in [3.8, 4) is 0 Å². The Balaban J connectivity index is 1.40. The second kappa shape index (κ2) is 9.68. The minimum atomic E-state index is -0.768. The van der Waals surface area contributed by atoms with Crippen molar-refractivity contribution in [2.45, 2.75) is 57.8 Å². The Hall–Kier alpha value is -2.30. The van der Waals surface area contributed by atoms with Crippen LogP contribution in [0, 0.1) is 11.8 Å². The molecule has 32 heavy (non-hydrogen) atoms. The monoisotopic (exact) mass is 453 g/mol. The molecule has 0 spiro atoms. The lowest BCUT2D eigenvalue weighted by Gasteiger charge is -2.25. The summed E-state index contributed by atoms with van der Waals surface area (Å²) in [6, 6.07) is 0. The summed E-state index contributed by atoms with van der Waals surface area (Å²) >= 11 is 0. The molecule has 3 aliphatic rings. The lowest BCUT2D eigenvalue weighted by Crippen LogP contribution is -2.40. The molecular formula is C22H31NO9. The molecule has 3 aliphatic heterocycles. The molecule has 0 radical (unpaired) electrons. The molecule has 2 saturated heterocycles. The fourth-order valence-corrected chi connectivity index (χ4v) is 4.38. The van der Waals surface area contributed by atoms with Crippen LogP contribution in [0.2, 0.25) is 0 Å². The van der Waals surface area contributed by atoms with Crippen LogP contribution >= 0.6 is 0 Å². The Morgan fingerprint density at radius 2 is 1.53 bits per heavy atom. The predicted octanol–water partition coefficient (Wildman–Crippen LogP) is 0.971. The first-order valence-corrected chi connectivity index (χ1v) is 10.9. The molecule has 178 valence electrons. The molecule has 3 heterocycles. The van der Waals surface area contributed by atoms with E-state index in [4.69, 9.17) is 23.7 Å². The van der Waals surface area contributed by atoms with Crippen LogP contribution in [0.4, 0.5) is 0 Å². The first-order valence-electron chi connectivity index (χ1n) is 10.9. The van der Waals surface area contributed by atoms with Gasteiger partial charge in [-0.15, -0.1) is 0 Å². The van der Waals surface area contributed by atoms with E-state index < -0.39 is 41.1 Å². The van der Waals surface area contributed by atoms with E-state index in [1.165, 1.54) is 0 Å². The summed E-state index contributed by atoms with van der Waals surface area (Å²) in [6.07, 6.45) is 3.41. The van der Waals surface area contributed by atoms with Crippen LogP contribution in [0.1, 0.15) is 40.5 Å². The maximum atomic E-state index is 12.8. The van der Waals surface area contributed by atoms with Crippen LogP contribution in [-0.2, 0) is 42.9 Å². The van der Waals surface area contributed by atoms with Crippen LogP contribution in [0.3, 0.4) is 0 Å². The van der Waals surface area contributed by atoms with Gasteiger partial charge in [0.2, 0.25) is 11.8 Å². The fraction of sp³-hybridized carbons (Fsp3) is 0.727. The Bertz CT molecular complexity index is 760. The van der Waals surface area contributed by atoms with Gasteiger partial charge < -0.3 is 23.7 Å². The molecule has 0 aromatic heterocycles. The zero-order valence-electron chi connectivity index (χ0n) is 19.0. The SMILES string of the molecule is CCC(=O)OCC(COCCOCN1C(=O)C2C(C1=O)C1(C)C=CC2(C)O1)OC(=O)CC. The molecule has 2 bridgehead atoms. The zero-order chi connectivity index (χ0) is 23.5. The second-order valence-electron chi connectivity index (χ2n) is 8.48. The Kier molecular flexibility index (Phi) is 7.36. The molecule has 10 heteroatoms. The number of carbonyl (C=O) groups excluding carboxylic acids is 4. The van der Waals surface area contributed by atoms with Gasteiger partial charge in [0.05, 0.1) is 42.9 Å². The van der Waals surface area contributed by atoms with Crippen molar-refractivity contribution in [2.75, 3.05) is 33.2 Å². The standard InChI is InChI=1S/C22H31NO9/c1-5-15(24)30-12-14(31-16(25)6-2)11-28-9-10-29-13-23-19(26)17-18(20(23)27)22(4)8-7-21(17,3)32-22/h7-8,14,17-18H,5-6,9-13H2,1-4H3. The number of nitrogens with zero attached hydrogens (tertiary/aromatic N) is 1. The van der Waals surface area contributed by atoms with E-state index in [1.54, 1.807) is 13.8 Å². The van der Waals surface area contributed by atoms with Crippen molar-refractivity contribution in [2.24, 2.45) is 11.8 Å². The summed E-state index contributed by atoms with van der Waals surface area (Å²) in [5.41, 5.74) is -1.54. The number of rotatable bonds is 12. The third-order valence-electron chi connectivity index (χ3n) is 6.02. The molecular weight excluding hydrogens is 422 g/mol. The number of ether oxygens (including phenoxy) is 5. The predicted molar refractivity (Wildman–Crippen MR) is 109 cm³/mol. The quantitative estimate of drug-likeness (QED) is 0.184. The minimum absolute atomic E-state index is 0.0253. The van der Waals surface area contributed by atoms with Gasteiger partial charge in [0.25, 0.3) is 0 Å². The Morgan fingerprint density at radius 1 is 0.969 bits per heavy atom. The maximum absolute atomic E-state index is 12.8. The van der Waals surface area contributed by atoms with E-state index in [0.29, 0.717) is 0 Å². The summed E-state index contributed by atoms with van der Waals surface area (Å²) in [4.78, 5) is 49.6. The summed E-state index contributed by atoms with van der Waals surface area (Å²) in [5, 5.41) is 0. The van der Waals surface area contributed by atoms with Gasteiger partial charge in [-0.25, -0.2) is 0 Å². The van der Waals surface area contributed by atoms with E-state index in [0.717, 1.165) is 4.90 Å². The zero-order valence-corrected chi connectivity index (χ0v) is 19.0. The third kappa shape index (κ3) is 4.72. The van der Waals surface area contributed by atoms with Crippen LogP contribution in [-0.4, -0.2) is 79.1 Å². The lowest BCUT2D eigenvalue weighted by molar-refractivity contribution is -0.163. The normalized spacial score (nSPS) is 31.2. The molecule has 3 rings (SSSR count). The highest BCUT2D eigenvalue weighted by Crippen LogP contribution is 2.56. The van der Waals surface area contributed by atoms with Crippen molar-refractivity contribution in [1.82, 2.24) is 4.90 Å². The second-order valence-corrected chi connectivity index (χ2v) is 8.48. The van der Waals surface area contributed by atoms with Crippen molar-refractivity contribution < 1.29 is 42.9 Å². The van der Waals surface area contributed by atoms with E-state index in [1.807, 2.05) is 26.0 Å². The molecule has 0 aromatic rings. The highest BCUT2D eigenvalue weighted by atomic mass is 16.6. The highest BCUT2D eigenvalue weighted by molar-refractivity contribution is 6.07. The van der Waals surface area contributed by atoms with E-state index in [9.17, 15) is 19.2 Å². The Morgan fingerprint density at radius 3 is 2.09 bits per heavy atom. The molecule has 2 amide bonds.